The van der Waals surface area contributed by atoms with E-state index in [4.69, 9.17) is 4.52 Å². The molecule has 144 valence electrons. The van der Waals surface area contributed by atoms with E-state index in [1.165, 1.54) is 5.56 Å². The van der Waals surface area contributed by atoms with E-state index >= 15 is 0 Å². The van der Waals surface area contributed by atoms with Crippen LogP contribution in [0.5, 0.6) is 0 Å². The Morgan fingerprint density at radius 1 is 1.11 bits per heavy atom. The quantitative estimate of drug-likeness (QED) is 0.587. The Labute approximate surface area is 172 Å². The fourth-order valence-corrected chi connectivity index (χ4v) is 3.75. The first-order valence-corrected chi connectivity index (χ1v) is 10.3. The number of amides is 1. The number of nitrogens with zero attached hydrogens (tertiary/aromatic N) is 3. The van der Waals surface area contributed by atoms with E-state index in [1.54, 1.807) is 0 Å². The fourth-order valence-electron chi connectivity index (χ4n) is 3.49. The van der Waals surface area contributed by atoms with E-state index in [2.05, 4.69) is 33.0 Å². The Balaban J connectivity index is 1.34. The van der Waals surface area contributed by atoms with E-state index in [1.807, 2.05) is 53.4 Å². The fraction of sp³-hybridized carbons (Fsp3) is 0.318. The zero-order valence-corrected chi connectivity index (χ0v) is 17.4. The van der Waals surface area contributed by atoms with Crippen LogP contribution in [0.3, 0.4) is 0 Å². The molecule has 1 aliphatic heterocycles. The van der Waals surface area contributed by atoms with Gasteiger partial charge >= 0.3 is 0 Å². The van der Waals surface area contributed by atoms with Gasteiger partial charge in [0.05, 0.1) is 6.42 Å². The lowest BCUT2D eigenvalue weighted by molar-refractivity contribution is -0.131. The van der Waals surface area contributed by atoms with Gasteiger partial charge in [0.2, 0.25) is 17.6 Å². The Morgan fingerprint density at radius 3 is 2.46 bits per heavy atom. The maximum absolute atomic E-state index is 12.6. The molecular formula is C22H22BrN3O2. The number of aryl methyl sites for hydroxylation is 1. The van der Waals surface area contributed by atoms with Gasteiger partial charge in [0.1, 0.15) is 0 Å². The summed E-state index contributed by atoms with van der Waals surface area (Å²) in [5.41, 5.74) is 3.20. The van der Waals surface area contributed by atoms with Crippen LogP contribution >= 0.6 is 15.9 Å². The molecule has 0 aliphatic carbocycles. The third-order valence-corrected chi connectivity index (χ3v) is 5.75. The first kappa shape index (κ1) is 18.9. The van der Waals surface area contributed by atoms with Crippen LogP contribution < -0.4 is 0 Å². The van der Waals surface area contributed by atoms with Crippen molar-refractivity contribution < 1.29 is 9.32 Å². The predicted molar refractivity (Wildman–Crippen MR) is 111 cm³/mol. The number of aromatic nitrogens is 2. The topological polar surface area (TPSA) is 59.2 Å². The SMILES string of the molecule is Cc1ccc(-c2noc(C3CCN(C(=O)Cc4ccc(Br)cc4)CC3)n2)cc1. The number of likely N-dealkylation sites (tertiary alicyclic amines) is 1. The van der Waals surface area contributed by atoms with Crippen LogP contribution in [0.25, 0.3) is 11.4 Å². The Morgan fingerprint density at radius 2 is 1.79 bits per heavy atom. The van der Waals surface area contributed by atoms with Gasteiger partial charge in [0.25, 0.3) is 0 Å². The number of halogens is 1. The summed E-state index contributed by atoms with van der Waals surface area (Å²) in [6, 6.07) is 16.0. The predicted octanol–water partition coefficient (Wildman–Crippen LogP) is 4.76. The monoisotopic (exact) mass is 439 g/mol. The minimum absolute atomic E-state index is 0.173. The van der Waals surface area contributed by atoms with Crippen LogP contribution in [0.2, 0.25) is 0 Å². The minimum atomic E-state index is 0.173. The van der Waals surface area contributed by atoms with Gasteiger partial charge < -0.3 is 9.42 Å². The summed E-state index contributed by atoms with van der Waals surface area (Å²) in [5, 5.41) is 4.14. The van der Waals surface area contributed by atoms with Gasteiger partial charge in [-0.1, -0.05) is 63.0 Å². The average Bonchev–Trinajstić information content (AvgIpc) is 3.20. The van der Waals surface area contributed by atoms with Crippen molar-refractivity contribution in [2.75, 3.05) is 13.1 Å². The number of hydrogen-bond acceptors (Lipinski definition) is 4. The molecule has 1 fully saturated rings. The Hall–Kier alpha value is -2.47. The molecule has 4 rings (SSSR count). The second-order valence-corrected chi connectivity index (χ2v) is 8.20. The summed E-state index contributed by atoms with van der Waals surface area (Å²) < 4.78 is 6.54. The van der Waals surface area contributed by atoms with Crippen LogP contribution in [0, 0.1) is 6.92 Å². The molecule has 1 amide bonds. The third-order valence-electron chi connectivity index (χ3n) is 5.22. The van der Waals surface area contributed by atoms with E-state index in [0.29, 0.717) is 18.1 Å². The molecule has 0 atom stereocenters. The highest BCUT2D eigenvalue weighted by molar-refractivity contribution is 9.10. The molecular weight excluding hydrogens is 418 g/mol. The second kappa shape index (κ2) is 8.27. The van der Waals surface area contributed by atoms with Crippen LogP contribution in [0.4, 0.5) is 0 Å². The molecule has 0 saturated carbocycles. The Kier molecular flexibility index (Phi) is 5.57. The minimum Gasteiger partial charge on any atom is -0.342 e. The van der Waals surface area contributed by atoms with Crippen LogP contribution in [-0.2, 0) is 11.2 Å². The third kappa shape index (κ3) is 4.33. The number of benzene rings is 2. The van der Waals surface area contributed by atoms with Crippen molar-refractivity contribution in [3.8, 4) is 11.4 Å². The summed E-state index contributed by atoms with van der Waals surface area (Å²) in [5.74, 6) is 1.69. The maximum atomic E-state index is 12.6. The second-order valence-electron chi connectivity index (χ2n) is 7.28. The average molecular weight is 440 g/mol. The summed E-state index contributed by atoms with van der Waals surface area (Å²) >= 11 is 3.42. The van der Waals surface area contributed by atoms with Crippen molar-refractivity contribution in [1.29, 1.82) is 0 Å². The molecule has 1 aliphatic rings. The van der Waals surface area contributed by atoms with Crippen LogP contribution in [0.15, 0.2) is 57.5 Å². The standard InChI is InChI=1S/C22H22BrN3O2/c1-15-2-6-17(7-3-15)21-24-22(28-25-21)18-10-12-26(13-11-18)20(27)14-16-4-8-19(23)9-5-16/h2-9,18H,10-14H2,1H3. The molecule has 28 heavy (non-hydrogen) atoms. The van der Waals surface area contributed by atoms with Gasteiger partial charge in [-0.3, -0.25) is 4.79 Å². The van der Waals surface area contributed by atoms with E-state index < -0.39 is 0 Å². The van der Waals surface area contributed by atoms with Crippen molar-refractivity contribution in [2.45, 2.75) is 32.1 Å². The van der Waals surface area contributed by atoms with Crippen LogP contribution in [-0.4, -0.2) is 34.0 Å². The smallest absolute Gasteiger partial charge is 0.230 e. The number of hydrogen-bond donors (Lipinski definition) is 0. The summed E-state index contributed by atoms with van der Waals surface area (Å²) in [7, 11) is 0. The lowest BCUT2D eigenvalue weighted by atomic mass is 9.96. The summed E-state index contributed by atoms with van der Waals surface area (Å²) in [6.45, 7) is 3.50. The van der Waals surface area contributed by atoms with Gasteiger partial charge in [-0.25, -0.2) is 0 Å². The van der Waals surface area contributed by atoms with Crippen molar-refractivity contribution in [2.24, 2.45) is 0 Å². The van der Waals surface area contributed by atoms with Crippen molar-refractivity contribution in [3.63, 3.8) is 0 Å². The van der Waals surface area contributed by atoms with Crippen molar-refractivity contribution >= 4 is 21.8 Å². The van der Waals surface area contributed by atoms with Gasteiger partial charge in [0.15, 0.2) is 0 Å². The zero-order chi connectivity index (χ0) is 19.5. The first-order chi connectivity index (χ1) is 13.6. The normalized spacial score (nSPS) is 15.0. The first-order valence-electron chi connectivity index (χ1n) is 9.51. The van der Waals surface area contributed by atoms with Gasteiger partial charge in [-0.2, -0.15) is 4.98 Å². The van der Waals surface area contributed by atoms with E-state index in [9.17, 15) is 4.79 Å². The molecule has 0 N–H and O–H groups in total. The van der Waals surface area contributed by atoms with Gasteiger partial charge in [-0.15, -0.1) is 0 Å². The van der Waals surface area contributed by atoms with Crippen molar-refractivity contribution in [1.82, 2.24) is 15.0 Å². The van der Waals surface area contributed by atoms with E-state index in [-0.39, 0.29) is 11.8 Å². The van der Waals surface area contributed by atoms with E-state index in [0.717, 1.165) is 41.5 Å². The number of piperidine rings is 1. The molecule has 0 radical (unpaired) electrons. The molecule has 3 aromatic rings. The highest BCUT2D eigenvalue weighted by Gasteiger charge is 2.27. The van der Waals surface area contributed by atoms with Crippen molar-refractivity contribution in [3.05, 3.63) is 70.0 Å². The molecule has 0 spiro atoms. The molecule has 0 unspecified atom stereocenters. The summed E-state index contributed by atoms with van der Waals surface area (Å²) in [4.78, 5) is 19.1. The maximum Gasteiger partial charge on any atom is 0.230 e. The molecule has 6 heteroatoms. The number of carbonyl (C=O) groups is 1. The highest BCUT2D eigenvalue weighted by atomic mass is 79.9. The molecule has 2 aromatic carbocycles. The number of carbonyl (C=O) groups excluding carboxylic acids is 1. The molecule has 2 heterocycles. The molecule has 1 aromatic heterocycles. The zero-order valence-electron chi connectivity index (χ0n) is 15.8. The lowest BCUT2D eigenvalue weighted by Gasteiger charge is -2.30. The lowest BCUT2D eigenvalue weighted by Crippen LogP contribution is -2.38. The van der Waals surface area contributed by atoms with Gasteiger partial charge in [-0.05, 0) is 37.5 Å². The van der Waals surface area contributed by atoms with Gasteiger partial charge in [0, 0.05) is 29.0 Å². The largest absolute Gasteiger partial charge is 0.342 e. The Bertz CT molecular complexity index is 943. The number of rotatable bonds is 4. The summed E-state index contributed by atoms with van der Waals surface area (Å²) in [6.07, 6.45) is 2.14. The molecule has 1 saturated heterocycles. The highest BCUT2D eigenvalue weighted by Crippen LogP contribution is 2.29. The molecule has 5 nitrogen and oxygen atoms in total. The van der Waals surface area contributed by atoms with Crippen LogP contribution in [0.1, 0.15) is 35.8 Å². The molecule has 0 bridgehead atoms.